The summed E-state index contributed by atoms with van der Waals surface area (Å²) >= 11 is 0. The van der Waals surface area contributed by atoms with Gasteiger partial charge in [0.05, 0.1) is 25.1 Å². The first-order chi connectivity index (χ1) is 10.2. The van der Waals surface area contributed by atoms with E-state index in [9.17, 15) is 4.79 Å². The van der Waals surface area contributed by atoms with Crippen LogP contribution in [0.3, 0.4) is 0 Å². The van der Waals surface area contributed by atoms with Crippen molar-refractivity contribution >= 4 is 11.8 Å². The average molecular weight is 293 g/mol. The fourth-order valence-electron chi connectivity index (χ4n) is 2.36. The molecule has 1 aromatic rings. The fourth-order valence-corrected chi connectivity index (χ4v) is 2.36. The maximum Gasteiger partial charge on any atom is 0.409 e. The quantitative estimate of drug-likeness (QED) is 0.903. The summed E-state index contributed by atoms with van der Waals surface area (Å²) in [6, 6.07) is 4.19. The molecule has 6 heteroatoms. The predicted octanol–water partition coefficient (Wildman–Crippen LogP) is 2.51. The van der Waals surface area contributed by atoms with Gasteiger partial charge in [-0.05, 0) is 32.8 Å². The highest BCUT2D eigenvalue weighted by Crippen LogP contribution is 2.18. The van der Waals surface area contributed by atoms with Crippen LogP contribution < -0.4 is 10.1 Å². The second kappa shape index (κ2) is 7.71. The van der Waals surface area contributed by atoms with Gasteiger partial charge in [0.15, 0.2) is 0 Å². The van der Waals surface area contributed by atoms with Gasteiger partial charge in [-0.25, -0.2) is 9.78 Å². The average Bonchev–Trinajstić information content (AvgIpc) is 2.50. The van der Waals surface area contributed by atoms with E-state index in [1.54, 1.807) is 11.1 Å². The van der Waals surface area contributed by atoms with Crippen LogP contribution in [0.1, 0.15) is 26.7 Å². The summed E-state index contributed by atoms with van der Waals surface area (Å²) in [4.78, 5) is 17.6. The Labute approximate surface area is 125 Å². The topological polar surface area (TPSA) is 63.7 Å². The first-order valence-electron chi connectivity index (χ1n) is 7.50. The van der Waals surface area contributed by atoms with Crippen LogP contribution in [0.15, 0.2) is 18.3 Å². The Morgan fingerprint density at radius 3 is 2.67 bits per heavy atom. The molecule has 1 saturated heterocycles. The first kappa shape index (κ1) is 15.4. The standard InChI is InChI=1S/C15H23N3O3/c1-3-20-14-6-5-13(11-16-14)17-12-7-9-18(10-8-12)15(19)21-4-2/h5-6,11-12,17H,3-4,7-10H2,1-2H3. The number of likely N-dealkylation sites (tertiary alicyclic amines) is 1. The zero-order valence-electron chi connectivity index (χ0n) is 12.7. The van der Waals surface area contributed by atoms with Crippen LogP contribution in [0, 0.1) is 0 Å². The van der Waals surface area contributed by atoms with Gasteiger partial charge in [-0.2, -0.15) is 0 Å². The molecule has 1 aliphatic rings. The number of nitrogens with zero attached hydrogens (tertiary/aromatic N) is 2. The van der Waals surface area contributed by atoms with Gasteiger partial charge < -0.3 is 19.7 Å². The van der Waals surface area contributed by atoms with Crippen LogP contribution >= 0.6 is 0 Å². The van der Waals surface area contributed by atoms with Gasteiger partial charge in [0, 0.05) is 25.2 Å². The summed E-state index contributed by atoms with van der Waals surface area (Å²) in [6.07, 6.45) is 3.39. The van der Waals surface area contributed by atoms with Crippen LogP contribution in [0.4, 0.5) is 10.5 Å². The highest BCUT2D eigenvalue weighted by molar-refractivity contribution is 5.67. The maximum absolute atomic E-state index is 11.6. The maximum atomic E-state index is 11.6. The van der Waals surface area contributed by atoms with Gasteiger partial charge in [0.25, 0.3) is 0 Å². The second-order valence-corrected chi connectivity index (χ2v) is 4.92. The minimum absolute atomic E-state index is 0.210. The number of aromatic nitrogens is 1. The zero-order valence-corrected chi connectivity index (χ0v) is 12.7. The molecule has 0 atom stereocenters. The number of anilines is 1. The molecule has 0 radical (unpaired) electrons. The number of rotatable bonds is 5. The summed E-state index contributed by atoms with van der Waals surface area (Å²) in [6.45, 7) is 6.25. The summed E-state index contributed by atoms with van der Waals surface area (Å²) in [7, 11) is 0. The molecule has 1 aromatic heterocycles. The Bertz CT molecular complexity index is 442. The van der Waals surface area contributed by atoms with Crippen molar-refractivity contribution < 1.29 is 14.3 Å². The Morgan fingerprint density at radius 2 is 2.10 bits per heavy atom. The van der Waals surface area contributed by atoms with Crippen LogP contribution in [-0.2, 0) is 4.74 Å². The van der Waals surface area contributed by atoms with Crippen LogP contribution in [-0.4, -0.2) is 48.3 Å². The lowest BCUT2D eigenvalue weighted by molar-refractivity contribution is 0.0983. The van der Waals surface area contributed by atoms with Crippen molar-refractivity contribution in [1.29, 1.82) is 0 Å². The summed E-state index contributed by atoms with van der Waals surface area (Å²) in [5.41, 5.74) is 0.980. The largest absolute Gasteiger partial charge is 0.478 e. The lowest BCUT2D eigenvalue weighted by atomic mass is 10.1. The molecule has 0 spiro atoms. The number of ether oxygens (including phenoxy) is 2. The Morgan fingerprint density at radius 1 is 1.33 bits per heavy atom. The highest BCUT2D eigenvalue weighted by atomic mass is 16.6. The van der Waals surface area contributed by atoms with E-state index in [4.69, 9.17) is 9.47 Å². The third-order valence-electron chi connectivity index (χ3n) is 3.42. The van der Waals surface area contributed by atoms with Crippen LogP contribution in [0.25, 0.3) is 0 Å². The molecule has 0 unspecified atom stereocenters. The van der Waals surface area contributed by atoms with E-state index in [-0.39, 0.29) is 6.09 Å². The molecule has 2 heterocycles. The van der Waals surface area contributed by atoms with Gasteiger partial charge in [-0.15, -0.1) is 0 Å². The van der Waals surface area contributed by atoms with Gasteiger partial charge in [-0.3, -0.25) is 0 Å². The molecule has 1 fully saturated rings. The number of carbonyl (C=O) groups excluding carboxylic acids is 1. The highest BCUT2D eigenvalue weighted by Gasteiger charge is 2.23. The van der Waals surface area contributed by atoms with Crippen molar-refractivity contribution in [1.82, 2.24) is 9.88 Å². The van der Waals surface area contributed by atoms with E-state index in [0.29, 0.717) is 25.1 Å². The number of amides is 1. The van der Waals surface area contributed by atoms with E-state index >= 15 is 0 Å². The summed E-state index contributed by atoms with van der Waals surface area (Å²) in [5.74, 6) is 0.639. The molecule has 2 rings (SSSR count). The lowest BCUT2D eigenvalue weighted by Crippen LogP contribution is -2.42. The molecule has 1 N–H and O–H groups in total. The molecule has 6 nitrogen and oxygen atoms in total. The molecule has 1 aliphatic heterocycles. The molecular weight excluding hydrogens is 270 g/mol. The van der Waals surface area contributed by atoms with E-state index in [1.807, 2.05) is 26.0 Å². The number of piperidine rings is 1. The summed E-state index contributed by atoms with van der Waals surface area (Å²) < 4.78 is 10.3. The minimum Gasteiger partial charge on any atom is -0.478 e. The Balaban J connectivity index is 1.79. The zero-order chi connectivity index (χ0) is 15.1. The number of pyridine rings is 1. The van der Waals surface area contributed by atoms with Crippen LogP contribution in [0.2, 0.25) is 0 Å². The summed E-state index contributed by atoms with van der Waals surface area (Å²) in [5, 5.41) is 3.44. The van der Waals surface area contributed by atoms with Gasteiger partial charge in [0.2, 0.25) is 5.88 Å². The normalized spacial score (nSPS) is 15.6. The Hall–Kier alpha value is -1.98. The van der Waals surface area contributed by atoms with Crippen molar-refractivity contribution in [2.45, 2.75) is 32.7 Å². The van der Waals surface area contributed by atoms with E-state index in [1.165, 1.54) is 0 Å². The van der Waals surface area contributed by atoms with E-state index in [2.05, 4.69) is 10.3 Å². The van der Waals surface area contributed by atoms with Gasteiger partial charge in [0.1, 0.15) is 0 Å². The third kappa shape index (κ3) is 4.51. The van der Waals surface area contributed by atoms with Crippen molar-refractivity contribution in [3.63, 3.8) is 0 Å². The van der Waals surface area contributed by atoms with Crippen LogP contribution in [0.5, 0.6) is 5.88 Å². The van der Waals surface area contributed by atoms with Gasteiger partial charge >= 0.3 is 6.09 Å². The van der Waals surface area contributed by atoms with Gasteiger partial charge in [-0.1, -0.05) is 0 Å². The first-order valence-corrected chi connectivity index (χ1v) is 7.50. The lowest BCUT2D eigenvalue weighted by Gasteiger charge is -2.32. The predicted molar refractivity (Wildman–Crippen MR) is 80.6 cm³/mol. The molecule has 0 aliphatic carbocycles. The van der Waals surface area contributed by atoms with E-state index < -0.39 is 0 Å². The fraction of sp³-hybridized carbons (Fsp3) is 0.600. The monoisotopic (exact) mass is 293 g/mol. The SMILES string of the molecule is CCOC(=O)N1CCC(Nc2ccc(OCC)nc2)CC1. The van der Waals surface area contributed by atoms with Crippen molar-refractivity contribution in [3.8, 4) is 5.88 Å². The third-order valence-corrected chi connectivity index (χ3v) is 3.42. The molecule has 21 heavy (non-hydrogen) atoms. The minimum atomic E-state index is -0.210. The number of nitrogens with one attached hydrogen (secondary N) is 1. The van der Waals surface area contributed by atoms with E-state index in [0.717, 1.165) is 31.6 Å². The number of hydrogen-bond acceptors (Lipinski definition) is 5. The van der Waals surface area contributed by atoms with Crippen molar-refractivity contribution in [2.24, 2.45) is 0 Å². The van der Waals surface area contributed by atoms with Crippen molar-refractivity contribution in [3.05, 3.63) is 18.3 Å². The molecule has 116 valence electrons. The second-order valence-electron chi connectivity index (χ2n) is 4.92. The molecule has 0 bridgehead atoms. The smallest absolute Gasteiger partial charge is 0.409 e. The van der Waals surface area contributed by atoms with Crippen molar-refractivity contribution in [2.75, 3.05) is 31.6 Å². The molecule has 0 aromatic carbocycles. The Kier molecular flexibility index (Phi) is 5.66. The molecule has 0 saturated carbocycles. The number of hydrogen-bond donors (Lipinski definition) is 1. The molecular formula is C15H23N3O3. The molecule has 1 amide bonds. The number of carbonyl (C=O) groups is 1.